The molecule has 0 fully saturated rings. The highest BCUT2D eigenvalue weighted by molar-refractivity contribution is 6.91. The highest BCUT2D eigenvalue weighted by Crippen LogP contribution is 2.42. The van der Waals surface area contributed by atoms with E-state index in [1.807, 2.05) is 0 Å². The van der Waals surface area contributed by atoms with Crippen LogP contribution in [0.3, 0.4) is 0 Å². The van der Waals surface area contributed by atoms with Crippen molar-refractivity contribution in [1.82, 2.24) is 4.57 Å². The van der Waals surface area contributed by atoms with Crippen LogP contribution in [0.25, 0.3) is 11.4 Å². The second-order valence-corrected chi connectivity index (χ2v) is 26.7. The fraction of sp³-hybridized carbons (Fsp3) is 0.537. The van der Waals surface area contributed by atoms with Gasteiger partial charge in [0, 0.05) is 0 Å². The summed E-state index contributed by atoms with van der Waals surface area (Å²) in [6.45, 7) is 37.5. The maximum absolute atomic E-state index is 4.08. The third-order valence-electron chi connectivity index (χ3n) is 10.4. The molecule has 0 N–H and O–H groups in total. The molecule has 0 amide bonds. The molecule has 45 heavy (non-hydrogen) atoms. The average Bonchev–Trinajstić information content (AvgIpc) is 3.25. The maximum atomic E-state index is 4.08. The molecular weight excluding hydrogens is 577 g/mol. The second-order valence-electron chi connectivity index (χ2n) is 15.5. The zero-order chi connectivity index (χ0) is 34.0. The second kappa shape index (κ2) is 14.3. The van der Waals surface area contributed by atoms with E-state index >= 15 is 0 Å². The molecule has 4 heteroatoms. The van der Waals surface area contributed by atoms with E-state index in [1.54, 1.807) is 0 Å². The van der Waals surface area contributed by atoms with Crippen molar-refractivity contribution in [3.8, 4) is 34.3 Å². The topological polar surface area (TPSA) is 8.81 Å². The van der Waals surface area contributed by atoms with Crippen molar-refractivity contribution in [3.63, 3.8) is 0 Å². The third-order valence-corrected chi connectivity index (χ3v) is 23.0. The van der Waals surface area contributed by atoms with Gasteiger partial charge in [-0.1, -0.05) is 95.2 Å². The quantitative estimate of drug-likeness (QED) is 0.132. The summed E-state index contributed by atoms with van der Waals surface area (Å²) in [7, 11) is -4.01. The summed E-state index contributed by atoms with van der Waals surface area (Å²) in [4.78, 5) is 0. The summed E-state index contributed by atoms with van der Waals surface area (Å²) in [5.41, 5.74) is 20.8. The van der Waals surface area contributed by atoms with Crippen molar-refractivity contribution in [2.75, 3.05) is 0 Å². The molecule has 0 aliphatic heterocycles. The number of hydrogen-bond donors (Lipinski definition) is 0. The van der Waals surface area contributed by atoms with E-state index in [0.717, 1.165) is 22.8 Å². The van der Waals surface area contributed by atoms with Gasteiger partial charge in [-0.25, -0.2) is 0 Å². The molecule has 2 nitrogen and oxygen atoms in total. The molecule has 0 radical (unpaired) electrons. The van der Waals surface area contributed by atoms with Crippen molar-refractivity contribution >= 4 is 16.1 Å². The van der Waals surface area contributed by atoms with E-state index in [4.69, 9.17) is 0 Å². The van der Waals surface area contributed by atoms with Crippen LogP contribution in [0.1, 0.15) is 117 Å². The normalized spacial score (nSPS) is 12.4. The molecule has 1 heterocycles. The maximum Gasteiger partial charge on any atom is 0.256 e. The molecular formula is C41H61N2Si2+. The Morgan fingerprint density at radius 3 is 1.24 bits per heavy atom. The fourth-order valence-electron chi connectivity index (χ4n) is 8.47. The molecule has 242 valence electrons. The van der Waals surface area contributed by atoms with Crippen molar-refractivity contribution in [1.29, 1.82) is 0 Å². The SMILES string of the molecule is Cc1cc(C)cc(-n2c[n+](-c3cc(C)cc(C)c3)c(C#C[Si](C(C)C)(C(C)C)C(C)C)c2C#C[Si](C(C)C)(C(C)C)C(C)C)c1. The van der Waals surface area contributed by atoms with Gasteiger partial charge in [-0.2, -0.15) is 9.13 Å². The lowest BCUT2D eigenvalue weighted by Gasteiger charge is -2.38. The first-order chi connectivity index (χ1) is 20.9. The lowest BCUT2D eigenvalue weighted by Crippen LogP contribution is -2.43. The first kappa shape index (κ1) is 36.7. The van der Waals surface area contributed by atoms with Gasteiger partial charge in [0.2, 0.25) is 11.4 Å². The Bertz CT molecular complexity index is 1420. The summed E-state index contributed by atoms with van der Waals surface area (Å²) in [5, 5.41) is 0. The van der Waals surface area contributed by atoms with Crippen molar-refractivity contribution in [3.05, 3.63) is 76.4 Å². The van der Waals surface area contributed by atoms with Gasteiger partial charge in [0.05, 0.1) is 0 Å². The molecule has 0 bridgehead atoms. The largest absolute Gasteiger partial charge is 0.256 e. The standard InChI is InChI=1S/C41H61N2Si2/c1-28(2)44(29(3)4,30(5)6)19-17-40-41(18-20-45(31(7)8,32(9)10)33(11)12)43(39-25-36(15)22-37(16)26-39)27-42(40)38-23-34(13)21-35(14)24-38/h21-33H,1-16H3/q+1. The lowest BCUT2D eigenvalue weighted by molar-refractivity contribution is -0.597. The van der Waals surface area contributed by atoms with Gasteiger partial charge in [-0.3, -0.25) is 0 Å². The average molecular weight is 638 g/mol. The van der Waals surface area contributed by atoms with E-state index < -0.39 is 16.1 Å². The van der Waals surface area contributed by atoms with Gasteiger partial charge >= 0.3 is 0 Å². The molecule has 0 atom stereocenters. The molecule has 0 saturated carbocycles. The molecule has 2 aromatic carbocycles. The van der Waals surface area contributed by atoms with Crippen molar-refractivity contribution in [2.24, 2.45) is 0 Å². The zero-order valence-corrected chi connectivity index (χ0v) is 33.4. The summed E-state index contributed by atoms with van der Waals surface area (Å²) >= 11 is 0. The molecule has 0 spiro atoms. The number of imidazole rings is 1. The van der Waals surface area contributed by atoms with Crippen LogP contribution in [0.4, 0.5) is 0 Å². The first-order valence-electron chi connectivity index (χ1n) is 17.3. The summed E-state index contributed by atoms with van der Waals surface area (Å²) < 4.78 is 4.66. The van der Waals surface area contributed by atoms with Gasteiger partial charge in [0.25, 0.3) is 6.33 Å². The predicted octanol–water partition coefficient (Wildman–Crippen LogP) is 11.1. The number of aryl methyl sites for hydroxylation is 4. The predicted molar refractivity (Wildman–Crippen MR) is 202 cm³/mol. The Kier molecular flexibility index (Phi) is 11.7. The van der Waals surface area contributed by atoms with E-state index in [2.05, 4.69) is 186 Å². The van der Waals surface area contributed by atoms with E-state index in [0.29, 0.717) is 33.2 Å². The highest BCUT2D eigenvalue weighted by Gasteiger charge is 2.43. The molecule has 0 unspecified atom stereocenters. The van der Waals surface area contributed by atoms with Crippen LogP contribution in [0.15, 0.2) is 42.7 Å². The van der Waals surface area contributed by atoms with Crippen LogP contribution in [0.2, 0.25) is 33.2 Å². The Morgan fingerprint density at radius 1 is 0.511 bits per heavy atom. The minimum absolute atomic E-state index is 0.554. The Hall–Kier alpha value is -2.80. The van der Waals surface area contributed by atoms with Crippen LogP contribution < -0.4 is 4.57 Å². The van der Waals surface area contributed by atoms with Crippen LogP contribution in [-0.4, -0.2) is 20.7 Å². The lowest BCUT2D eigenvalue weighted by atomic mass is 10.1. The van der Waals surface area contributed by atoms with Crippen molar-refractivity contribution < 1.29 is 4.57 Å². The molecule has 0 saturated heterocycles. The Morgan fingerprint density at radius 2 is 0.867 bits per heavy atom. The molecule has 1 aromatic heterocycles. The van der Waals surface area contributed by atoms with E-state index in [1.165, 1.54) is 22.3 Å². The number of aromatic nitrogens is 2. The number of hydrogen-bond acceptors (Lipinski definition) is 0. The third kappa shape index (κ3) is 7.29. The van der Waals surface area contributed by atoms with Gasteiger partial charge in [0.15, 0.2) is 0 Å². The smallest absolute Gasteiger partial charge is 0.187 e. The van der Waals surface area contributed by atoms with Gasteiger partial charge in [0.1, 0.15) is 27.5 Å². The summed E-state index contributed by atoms with van der Waals surface area (Å²) in [6.07, 6.45) is 2.25. The number of rotatable bonds is 8. The minimum atomic E-state index is -2.00. The van der Waals surface area contributed by atoms with Crippen LogP contribution in [0.5, 0.6) is 0 Å². The van der Waals surface area contributed by atoms with Gasteiger partial charge in [-0.05, 0) is 119 Å². The molecule has 0 aliphatic carbocycles. The van der Waals surface area contributed by atoms with Crippen molar-refractivity contribution in [2.45, 2.75) is 144 Å². The highest BCUT2D eigenvalue weighted by atomic mass is 28.3. The number of benzene rings is 2. The van der Waals surface area contributed by atoms with Crippen LogP contribution in [-0.2, 0) is 0 Å². The Labute approximate surface area is 279 Å². The van der Waals surface area contributed by atoms with Crippen LogP contribution >= 0.6 is 0 Å². The first-order valence-corrected chi connectivity index (χ1v) is 21.7. The van der Waals surface area contributed by atoms with Crippen LogP contribution in [0, 0.1) is 50.6 Å². The summed E-state index contributed by atoms with van der Waals surface area (Å²) in [5.74, 6) is 7.83. The van der Waals surface area contributed by atoms with Gasteiger partial charge < -0.3 is 0 Å². The fourth-order valence-corrected chi connectivity index (χ4v) is 18.9. The number of nitrogens with zero attached hydrogens (tertiary/aromatic N) is 2. The monoisotopic (exact) mass is 637 g/mol. The minimum Gasteiger partial charge on any atom is -0.187 e. The van der Waals surface area contributed by atoms with Gasteiger partial charge in [-0.15, -0.1) is 11.1 Å². The van der Waals surface area contributed by atoms with E-state index in [9.17, 15) is 0 Å². The molecule has 3 aromatic rings. The zero-order valence-electron chi connectivity index (χ0n) is 31.4. The van der Waals surface area contributed by atoms with E-state index in [-0.39, 0.29) is 0 Å². The molecule has 3 rings (SSSR count). The summed E-state index contributed by atoms with van der Waals surface area (Å²) in [6, 6.07) is 13.6. The molecule has 0 aliphatic rings. The Balaban J connectivity index is 2.62.